The number of aromatic hydroxyl groups is 1. The Morgan fingerprint density at radius 2 is 1.79 bits per heavy atom. The number of anilines is 1. The van der Waals surface area contributed by atoms with E-state index in [9.17, 15) is 9.50 Å². The zero-order chi connectivity index (χ0) is 16.9. The predicted molar refractivity (Wildman–Crippen MR) is 99.0 cm³/mol. The first-order valence-corrected chi connectivity index (χ1v) is 7.60. The van der Waals surface area contributed by atoms with Crippen molar-refractivity contribution in [2.24, 2.45) is 5.10 Å². The molecule has 0 radical (unpaired) electrons. The third-order valence-corrected chi connectivity index (χ3v) is 3.60. The lowest BCUT2D eigenvalue weighted by atomic mass is 10.0. The number of rotatable bonds is 3. The minimum atomic E-state index is -0.316. The number of hydrazone groups is 1. The molecule has 0 saturated heterocycles. The van der Waals surface area contributed by atoms with Crippen LogP contribution in [0.2, 0.25) is 0 Å². The average molecular weight is 339 g/mol. The molecule has 0 amide bonds. The highest BCUT2D eigenvalue weighted by atomic mass is 32.1. The number of hydrogen-bond donors (Lipinski definition) is 3. The molecule has 0 unspecified atom stereocenters. The Balaban J connectivity index is 1.71. The maximum absolute atomic E-state index is 12.9. The van der Waals surface area contributed by atoms with Crippen LogP contribution in [-0.4, -0.2) is 16.4 Å². The van der Waals surface area contributed by atoms with Crippen LogP contribution in [-0.2, 0) is 0 Å². The van der Waals surface area contributed by atoms with Crippen LogP contribution in [0.15, 0.2) is 65.8 Å². The molecule has 0 aromatic heterocycles. The van der Waals surface area contributed by atoms with E-state index in [2.05, 4.69) is 15.8 Å². The lowest BCUT2D eigenvalue weighted by molar-refractivity contribution is 0.475. The molecular formula is C18H14FN3OS. The summed E-state index contributed by atoms with van der Waals surface area (Å²) in [6, 6.07) is 17.0. The van der Waals surface area contributed by atoms with Crippen molar-refractivity contribution in [1.82, 2.24) is 5.43 Å². The molecule has 0 bridgehead atoms. The number of hydrogen-bond acceptors (Lipinski definition) is 3. The fourth-order valence-corrected chi connectivity index (χ4v) is 2.44. The highest BCUT2D eigenvalue weighted by Gasteiger charge is 2.04. The van der Waals surface area contributed by atoms with Gasteiger partial charge < -0.3 is 10.4 Å². The number of nitrogens with zero attached hydrogens (tertiary/aromatic N) is 1. The highest BCUT2D eigenvalue weighted by molar-refractivity contribution is 7.80. The van der Waals surface area contributed by atoms with Gasteiger partial charge in [0.15, 0.2) is 5.11 Å². The number of phenols is 1. The molecular weight excluding hydrogens is 325 g/mol. The smallest absolute Gasteiger partial charge is 0.191 e. The van der Waals surface area contributed by atoms with E-state index in [1.807, 2.05) is 30.3 Å². The molecule has 3 aromatic rings. The second kappa shape index (κ2) is 7.06. The Kier molecular flexibility index (Phi) is 4.67. The maximum Gasteiger partial charge on any atom is 0.191 e. The zero-order valence-electron chi connectivity index (χ0n) is 12.5. The molecule has 0 aliphatic rings. The van der Waals surface area contributed by atoms with Gasteiger partial charge in [0, 0.05) is 11.3 Å². The van der Waals surface area contributed by atoms with Gasteiger partial charge in [0.05, 0.1) is 6.21 Å². The van der Waals surface area contributed by atoms with Gasteiger partial charge in [-0.05, 0) is 53.3 Å². The molecule has 0 fully saturated rings. The summed E-state index contributed by atoms with van der Waals surface area (Å²) >= 11 is 5.12. The van der Waals surface area contributed by atoms with Crippen LogP contribution < -0.4 is 10.7 Å². The fourth-order valence-electron chi connectivity index (χ4n) is 2.27. The molecule has 24 heavy (non-hydrogen) atoms. The van der Waals surface area contributed by atoms with E-state index in [0.717, 1.165) is 10.8 Å². The summed E-state index contributed by atoms with van der Waals surface area (Å²) in [6.45, 7) is 0. The van der Waals surface area contributed by atoms with Gasteiger partial charge in [-0.3, -0.25) is 5.43 Å². The molecule has 0 aliphatic heterocycles. The number of benzene rings is 3. The van der Waals surface area contributed by atoms with E-state index in [1.54, 1.807) is 18.2 Å². The summed E-state index contributed by atoms with van der Waals surface area (Å²) in [6.07, 6.45) is 1.51. The van der Waals surface area contributed by atoms with Gasteiger partial charge in [-0.25, -0.2) is 4.39 Å². The SMILES string of the molecule is Oc1ccc2ccccc2c1C=NNC(=S)Nc1ccc(F)cc1. The van der Waals surface area contributed by atoms with Gasteiger partial charge in [0.25, 0.3) is 0 Å². The minimum Gasteiger partial charge on any atom is -0.507 e. The van der Waals surface area contributed by atoms with Gasteiger partial charge in [-0.2, -0.15) is 5.10 Å². The third-order valence-electron chi connectivity index (χ3n) is 3.41. The second-order valence-electron chi connectivity index (χ2n) is 5.05. The molecule has 4 nitrogen and oxygen atoms in total. The van der Waals surface area contributed by atoms with Crippen molar-refractivity contribution in [3.05, 3.63) is 72.0 Å². The van der Waals surface area contributed by atoms with Crippen molar-refractivity contribution in [2.45, 2.75) is 0 Å². The van der Waals surface area contributed by atoms with Crippen molar-refractivity contribution in [1.29, 1.82) is 0 Å². The van der Waals surface area contributed by atoms with Crippen LogP contribution in [0.5, 0.6) is 5.75 Å². The quantitative estimate of drug-likeness (QED) is 0.383. The van der Waals surface area contributed by atoms with Crippen LogP contribution in [0, 0.1) is 5.82 Å². The molecule has 0 saturated carbocycles. The van der Waals surface area contributed by atoms with Crippen molar-refractivity contribution in [3.8, 4) is 5.75 Å². The van der Waals surface area contributed by atoms with Gasteiger partial charge in [0.2, 0.25) is 0 Å². The number of thiocarbonyl (C=S) groups is 1. The molecule has 120 valence electrons. The summed E-state index contributed by atoms with van der Waals surface area (Å²) in [4.78, 5) is 0. The summed E-state index contributed by atoms with van der Waals surface area (Å²) in [5.41, 5.74) is 3.92. The number of nitrogens with one attached hydrogen (secondary N) is 2. The Labute approximate surface area is 143 Å². The standard InChI is InChI=1S/C18H14FN3OS/c19-13-6-8-14(9-7-13)21-18(24)22-20-11-16-15-4-2-1-3-12(15)5-10-17(16)23/h1-11,23H,(H2,21,22,24). The number of fused-ring (bicyclic) bond motifs is 1. The molecule has 0 atom stereocenters. The van der Waals surface area contributed by atoms with Gasteiger partial charge >= 0.3 is 0 Å². The number of phenolic OH excluding ortho intramolecular Hbond substituents is 1. The lowest BCUT2D eigenvalue weighted by Crippen LogP contribution is -2.23. The molecule has 0 spiro atoms. The Hall–Kier alpha value is -2.99. The zero-order valence-corrected chi connectivity index (χ0v) is 13.3. The summed E-state index contributed by atoms with van der Waals surface area (Å²) in [5.74, 6) is -0.180. The molecule has 0 heterocycles. The Morgan fingerprint density at radius 3 is 2.58 bits per heavy atom. The predicted octanol–water partition coefficient (Wildman–Crippen LogP) is 4.01. The van der Waals surface area contributed by atoms with E-state index in [-0.39, 0.29) is 16.7 Å². The minimum absolute atomic E-state index is 0.136. The largest absolute Gasteiger partial charge is 0.507 e. The Morgan fingerprint density at radius 1 is 1.04 bits per heavy atom. The van der Waals surface area contributed by atoms with Crippen molar-refractivity contribution >= 4 is 40.0 Å². The lowest BCUT2D eigenvalue weighted by Gasteiger charge is -2.07. The fraction of sp³-hybridized carbons (Fsp3) is 0. The van der Waals surface area contributed by atoms with Crippen LogP contribution >= 0.6 is 12.2 Å². The van der Waals surface area contributed by atoms with Crippen molar-refractivity contribution in [2.75, 3.05) is 5.32 Å². The summed E-state index contributed by atoms with van der Waals surface area (Å²) in [5, 5.41) is 19.1. The van der Waals surface area contributed by atoms with E-state index in [1.165, 1.54) is 18.3 Å². The van der Waals surface area contributed by atoms with E-state index in [4.69, 9.17) is 12.2 Å². The van der Waals surface area contributed by atoms with Crippen LogP contribution in [0.4, 0.5) is 10.1 Å². The maximum atomic E-state index is 12.9. The first-order valence-electron chi connectivity index (χ1n) is 7.20. The summed E-state index contributed by atoms with van der Waals surface area (Å²) in [7, 11) is 0. The second-order valence-corrected chi connectivity index (χ2v) is 5.46. The molecule has 3 N–H and O–H groups in total. The normalized spacial score (nSPS) is 10.9. The van der Waals surface area contributed by atoms with Crippen LogP contribution in [0.1, 0.15) is 5.56 Å². The van der Waals surface area contributed by atoms with Gasteiger partial charge in [-0.15, -0.1) is 0 Å². The van der Waals surface area contributed by atoms with E-state index in [0.29, 0.717) is 11.3 Å². The first-order chi connectivity index (χ1) is 11.6. The molecule has 6 heteroatoms. The first kappa shape index (κ1) is 15.9. The molecule has 3 aromatic carbocycles. The summed E-state index contributed by atoms with van der Waals surface area (Å²) < 4.78 is 12.9. The van der Waals surface area contributed by atoms with Crippen LogP contribution in [0.25, 0.3) is 10.8 Å². The average Bonchev–Trinajstić information content (AvgIpc) is 2.59. The van der Waals surface area contributed by atoms with Crippen LogP contribution in [0.3, 0.4) is 0 Å². The van der Waals surface area contributed by atoms with Crippen molar-refractivity contribution < 1.29 is 9.50 Å². The highest BCUT2D eigenvalue weighted by Crippen LogP contribution is 2.25. The van der Waals surface area contributed by atoms with E-state index >= 15 is 0 Å². The van der Waals surface area contributed by atoms with Gasteiger partial charge in [0.1, 0.15) is 11.6 Å². The third kappa shape index (κ3) is 3.67. The molecule has 0 aliphatic carbocycles. The number of halogens is 1. The van der Waals surface area contributed by atoms with E-state index < -0.39 is 0 Å². The molecule has 3 rings (SSSR count). The Bertz CT molecular complexity index is 910. The van der Waals surface area contributed by atoms with Crippen molar-refractivity contribution in [3.63, 3.8) is 0 Å². The van der Waals surface area contributed by atoms with Gasteiger partial charge in [-0.1, -0.05) is 30.3 Å². The monoisotopic (exact) mass is 339 g/mol. The topological polar surface area (TPSA) is 56.7 Å².